The third kappa shape index (κ3) is 4.92. The number of urea groups is 1. The van der Waals surface area contributed by atoms with Crippen LogP contribution in [0.5, 0.6) is 0 Å². The molecule has 0 aromatic heterocycles. The molecule has 4 amide bonds. The maximum absolute atomic E-state index is 13.1. The summed E-state index contributed by atoms with van der Waals surface area (Å²) in [5.74, 6) is -2.54. The van der Waals surface area contributed by atoms with E-state index in [0.717, 1.165) is 4.90 Å². The monoisotopic (exact) mass is 453 g/mol. The number of oxime groups is 1. The number of hydrogen-bond donors (Lipinski definition) is 5. The van der Waals surface area contributed by atoms with Crippen molar-refractivity contribution in [3.05, 3.63) is 71.3 Å². The standard InChI is InChI=1S/C22H23N5O6/c1-22(15-9-7-14(8-10-15)19(23)26-33)20(31)27(21(32)25-22)12-17(28)24-16(11-18(29)30)13-5-3-2-4-6-13/h2-10,16,33H,11-12H2,1H3,(H2,23,26)(H,24,28)(H,25,32)(H,29,30). The van der Waals surface area contributed by atoms with E-state index in [-0.39, 0.29) is 12.3 Å². The molecule has 11 nitrogen and oxygen atoms in total. The summed E-state index contributed by atoms with van der Waals surface area (Å²) in [5.41, 5.74) is 5.55. The van der Waals surface area contributed by atoms with Crippen molar-refractivity contribution in [2.24, 2.45) is 10.9 Å². The number of nitrogens with one attached hydrogen (secondary N) is 2. The summed E-state index contributed by atoms with van der Waals surface area (Å²) in [6, 6.07) is 13.1. The highest BCUT2D eigenvalue weighted by atomic mass is 16.4. The number of amidine groups is 1. The number of imide groups is 1. The summed E-state index contributed by atoms with van der Waals surface area (Å²) in [5, 5.41) is 26.0. The van der Waals surface area contributed by atoms with Crippen LogP contribution in [0.2, 0.25) is 0 Å². The fraction of sp³-hybridized carbons (Fsp3) is 0.227. The molecule has 172 valence electrons. The molecule has 1 aliphatic heterocycles. The highest BCUT2D eigenvalue weighted by molar-refractivity contribution is 6.09. The maximum Gasteiger partial charge on any atom is 0.325 e. The van der Waals surface area contributed by atoms with Crippen molar-refractivity contribution in [1.29, 1.82) is 0 Å². The third-order valence-electron chi connectivity index (χ3n) is 5.36. The molecule has 2 aromatic rings. The Labute approximate surface area is 188 Å². The number of hydrogen-bond acceptors (Lipinski definition) is 6. The van der Waals surface area contributed by atoms with Gasteiger partial charge >= 0.3 is 12.0 Å². The summed E-state index contributed by atoms with van der Waals surface area (Å²) in [6.07, 6.45) is -0.361. The van der Waals surface area contributed by atoms with Crippen molar-refractivity contribution in [2.45, 2.75) is 24.9 Å². The average molecular weight is 453 g/mol. The van der Waals surface area contributed by atoms with Crippen LogP contribution in [-0.4, -0.2) is 51.4 Å². The van der Waals surface area contributed by atoms with Crippen molar-refractivity contribution < 1.29 is 29.5 Å². The largest absolute Gasteiger partial charge is 0.481 e. The van der Waals surface area contributed by atoms with Gasteiger partial charge in [0.25, 0.3) is 5.91 Å². The van der Waals surface area contributed by atoms with E-state index in [1.165, 1.54) is 19.1 Å². The van der Waals surface area contributed by atoms with Crippen molar-refractivity contribution >= 4 is 29.7 Å². The van der Waals surface area contributed by atoms with Gasteiger partial charge in [-0.05, 0) is 18.1 Å². The van der Waals surface area contributed by atoms with Gasteiger partial charge in [-0.3, -0.25) is 19.3 Å². The first-order valence-electron chi connectivity index (χ1n) is 9.94. The molecule has 2 atom stereocenters. The molecule has 3 rings (SSSR count). The fourth-order valence-electron chi connectivity index (χ4n) is 3.56. The highest BCUT2D eigenvalue weighted by Crippen LogP contribution is 2.29. The first-order chi connectivity index (χ1) is 15.7. The van der Waals surface area contributed by atoms with Gasteiger partial charge in [0.1, 0.15) is 12.1 Å². The molecule has 33 heavy (non-hydrogen) atoms. The van der Waals surface area contributed by atoms with E-state index in [2.05, 4.69) is 15.8 Å². The topological polar surface area (TPSA) is 174 Å². The second-order valence-corrected chi connectivity index (χ2v) is 7.64. The van der Waals surface area contributed by atoms with Gasteiger partial charge in [0.2, 0.25) is 5.91 Å². The van der Waals surface area contributed by atoms with Crippen LogP contribution in [0, 0.1) is 0 Å². The number of nitrogens with two attached hydrogens (primary N) is 1. The number of amides is 4. The molecule has 0 spiro atoms. The predicted molar refractivity (Wildman–Crippen MR) is 116 cm³/mol. The molecule has 0 bridgehead atoms. The Balaban J connectivity index is 1.75. The van der Waals surface area contributed by atoms with Crippen LogP contribution in [0.3, 0.4) is 0 Å². The van der Waals surface area contributed by atoms with E-state index >= 15 is 0 Å². The van der Waals surface area contributed by atoms with Gasteiger partial charge in [-0.25, -0.2) is 4.79 Å². The fourth-order valence-corrected chi connectivity index (χ4v) is 3.56. The molecule has 1 aliphatic rings. The van der Waals surface area contributed by atoms with Gasteiger partial charge in [-0.2, -0.15) is 0 Å². The second kappa shape index (κ2) is 9.39. The van der Waals surface area contributed by atoms with Crippen LogP contribution in [-0.2, 0) is 19.9 Å². The Bertz CT molecular complexity index is 1100. The van der Waals surface area contributed by atoms with Crippen LogP contribution >= 0.6 is 0 Å². The Kier molecular flexibility index (Phi) is 6.61. The lowest BCUT2D eigenvalue weighted by Crippen LogP contribution is -2.44. The Morgan fingerprint density at radius 3 is 2.36 bits per heavy atom. The van der Waals surface area contributed by atoms with Crippen LogP contribution in [0.4, 0.5) is 4.79 Å². The molecule has 0 aliphatic carbocycles. The molecule has 1 saturated heterocycles. The normalized spacial score (nSPS) is 19.2. The van der Waals surface area contributed by atoms with Crippen LogP contribution in [0.15, 0.2) is 59.8 Å². The van der Waals surface area contributed by atoms with Gasteiger partial charge in [0, 0.05) is 5.56 Å². The van der Waals surface area contributed by atoms with Crippen molar-refractivity contribution in [1.82, 2.24) is 15.5 Å². The SMILES string of the molecule is CC1(c2ccc(C(N)=NO)cc2)NC(=O)N(CC(=O)NC(CC(=O)O)c2ccccc2)C1=O. The summed E-state index contributed by atoms with van der Waals surface area (Å²) in [7, 11) is 0. The summed E-state index contributed by atoms with van der Waals surface area (Å²) < 4.78 is 0. The molecule has 2 aromatic carbocycles. The van der Waals surface area contributed by atoms with Crippen LogP contribution in [0.1, 0.15) is 36.1 Å². The molecule has 0 radical (unpaired) electrons. The van der Waals surface area contributed by atoms with Crippen molar-refractivity contribution in [3.8, 4) is 0 Å². The Morgan fingerprint density at radius 1 is 1.15 bits per heavy atom. The van der Waals surface area contributed by atoms with E-state index in [1.54, 1.807) is 42.5 Å². The van der Waals surface area contributed by atoms with Gasteiger partial charge < -0.3 is 26.7 Å². The van der Waals surface area contributed by atoms with E-state index in [0.29, 0.717) is 16.7 Å². The maximum atomic E-state index is 13.1. The van der Waals surface area contributed by atoms with Gasteiger partial charge in [-0.15, -0.1) is 0 Å². The van der Waals surface area contributed by atoms with E-state index in [4.69, 9.17) is 10.9 Å². The smallest absolute Gasteiger partial charge is 0.325 e. The van der Waals surface area contributed by atoms with Gasteiger partial charge in [0.15, 0.2) is 5.84 Å². The van der Waals surface area contributed by atoms with Gasteiger partial charge in [-0.1, -0.05) is 59.8 Å². The molecule has 0 saturated carbocycles. The summed E-state index contributed by atoms with van der Waals surface area (Å²) in [4.78, 5) is 50.2. The van der Waals surface area contributed by atoms with Gasteiger partial charge in [0.05, 0.1) is 12.5 Å². The van der Waals surface area contributed by atoms with Crippen LogP contribution in [0.25, 0.3) is 0 Å². The molecule has 11 heteroatoms. The Hall–Kier alpha value is -4.41. The lowest BCUT2D eigenvalue weighted by atomic mass is 9.91. The molecule has 2 unspecified atom stereocenters. The molecule has 1 heterocycles. The first kappa shape index (κ1) is 23.3. The van der Waals surface area contributed by atoms with Crippen molar-refractivity contribution in [2.75, 3.05) is 6.54 Å². The lowest BCUT2D eigenvalue weighted by Gasteiger charge is -2.23. The average Bonchev–Trinajstić information content (AvgIpc) is 3.02. The van der Waals surface area contributed by atoms with Crippen molar-refractivity contribution in [3.63, 3.8) is 0 Å². The van der Waals surface area contributed by atoms with E-state index in [9.17, 15) is 24.3 Å². The molecule has 6 N–H and O–H groups in total. The number of carbonyl (C=O) groups excluding carboxylic acids is 3. The molecule has 1 fully saturated rings. The number of aliphatic carboxylic acids is 1. The second-order valence-electron chi connectivity index (χ2n) is 7.64. The zero-order valence-electron chi connectivity index (χ0n) is 17.7. The molecular formula is C22H23N5O6. The number of benzene rings is 2. The minimum absolute atomic E-state index is 0.110. The van der Waals surface area contributed by atoms with Crippen LogP contribution < -0.4 is 16.4 Å². The zero-order valence-corrected chi connectivity index (χ0v) is 17.7. The number of rotatable bonds is 8. The third-order valence-corrected chi connectivity index (χ3v) is 5.36. The highest BCUT2D eigenvalue weighted by Gasteiger charge is 2.49. The minimum Gasteiger partial charge on any atom is -0.481 e. The molecular weight excluding hydrogens is 430 g/mol. The number of carbonyl (C=O) groups is 4. The summed E-state index contributed by atoms with van der Waals surface area (Å²) in [6.45, 7) is 0.923. The summed E-state index contributed by atoms with van der Waals surface area (Å²) >= 11 is 0. The number of carboxylic acid groups (broad SMARTS) is 1. The lowest BCUT2D eigenvalue weighted by molar-refractivity contribution is -0.138. The number of nitrogens with zero attached hydrogens (tertiary/aromatic N) is 2. The van der Waals surface area contributed by atoms with E-state index < -0.39 is 41.9 Å². The number of carboxylic acids is 1. The predicted octanol–water partition coefficient (Wildman–Crippen LogP) is 0.880. The zero-order chi connectivity index (χ0) is 24.2. The quantitative estimate of drug-likeness (QED) is 0.130. The minimum atomic E-state index is -1.43. The Morgan fingerprint density at radius 2 is 1.79 bits per heavy atom. The van der Waals surface area contributed by atoms with E-state index in [1.807, 2.05) is 0 Å². The first-order valence-corrected chi connectivity index (χ1v) is 9.94.